The quantitative estimate of drug-likeness (QED) is 0.352. The minimum atomic E-state index is -0.416. The first-order chi connectivity index (χ1) is 14.2. The molecular formula is C22H14N2O2S3. The Kier molecular flexibility index (Phi) is 4.63. The largest absolute Gasteiger partial charge is 0.425 e. The molecule has 0 aliphatic carbocycles. The molecule has 4 heterocycles. The fraction of sp³-hybridized carbons (Fsp3) is 0. The molecule has 0 saturated carbocycles. The standard InChI is InChI=1S/C22H14N2O2S3/c23-22-24-19(25)12-15(26-22)13-7-8-14(16-4-1-9-27-16)21(18-6-3-11-29-18)20(13)17-5-2-10-28-17/h1-12H,(H2,23,24,25). The van der Waals surface area contributed by atoms with Crippen molar-refractivity contribution in [3.05, 3.63) is 81.1 Å². The lowest BCUT2D eigenvalue weighted by atomic mass is 9.91. The number of nitrogens with zero attached hydrogens (tertiary/aromatic N) is 1. The number of hydrogen-bond donors (Lipinski definition) is 1. The van der Waals surface area contributed by atoms with Crippen LogP contribution < -0.4 is 11.3 Å². The predicted molar refractivity (Wildman–Crippen MR) is 123 cm³/mol. The van der Waals surface area contributed by atoms with Crippen molar-refractivity contribution in [3.63, 3.8) is 0 Å². The first kappa shape index (κ1) is 18.1. The topological polar surface area (TPSA) is 69.1 Å². The van der Waals surface area contributed by atoms with Crippen molar-refractivity contribution < 1.29 is 4.42 Å². The Hall–Kier alpha value is -3.00. The fourth-order valence-electron chi connectivity index (χ4n) is 3.35. The minimum Gasteiger partial charge on any atom is -0.425 e. The van der Waals surface area contributed by atoms with Crippen molar-refractivity contribution in [1.29, 1.82) is 0 Å². The van der Waals surface area contributed by atoms with Crippen molar-refractivity contribution in [2.75, 3.05) is 5.73 Å². The van der Waals surface area contributed by atoms with E-state index in [1.165, 1.54) is 10.9 Å². The van der Waals surface area contributed by atoms with E-state index >= 15 is 0 Å². The SMILES string of the molecule is Nc1nc(=O)cc(-c2ccc(-c3cccs3)c(-c3cccs3)c2-c2cccs2)o1. The zero-order chi connectivity index (χ0) is 19.8. The third-order valence-electron chi connectivity index (χ3n) is 4.48. The van der Waals surface area contributed by atoms with E-state index < -0.39 is 5.56 Å². The molecule has 0 amide bonds. The van der Waals surface area contributed by atoms with E-state index in [9.17, 15) is 4.79 Å². The summed E-state index contributed by atoms with van der Waals surface area (Å²) >= 11 is 5.05. The maximum Gasteiger partial charge on any atom is 0.295 e. The molecule has 4 aromatic heterocycles. The number of nitrogens with two attached hydrogens (primary N) is 1. The molecule has 0 radical (unpaired) electrons. The summed E-state index contributed by atoms with van der Waals surface area (Å²) in [6.07, 6.45) is 0. The van der Waals surface area contributed by atoms with Gasteiger partial charge in [-0.05, 0) is 40.4 Å². The van der Waals surface area contributed by atoms with Gasteiger partial charge < -0.3 is 10.2 Å². The van der Waals surface area contributed by atoms with E-state index in [4.69, 9.17) is 10.2 Å². The van der Waals surface area contributed by atoms with E-state index in [0.717, 1.165) is 32.0 Å². The van der Waals surface area contributed by atoms with Crippen molar-refractivity contribution in [2.45, 2.75) is 0 Å². The van der Waals surface area contributed by atoms with Crippen LogP contribution in [-0.4, -0.2) is 4.98 Å². The van der Waals surface area contributed by atoms with Gasteiger partial charge in [-0.2, -0.15) is 4.98 Å². The van der Waals surface area contributed by atoms with Crippen LogP contribution in [0.5, 0.6) is 0 Å². The molecular weight excluding hydrogens is 420 g/mol. The van der Waals surface area contributed by atoms with Crippen LogP contribution in [0.2, 0.25) is 0 Å². The van der Waals surface area contributed by atoms with E-state index in [1.807, 2.05) is 23.6 Å². The summed E-state index contributed by atoms with van der Waals surface area (Å²) in [7, 11) is 0. The van der Waals surface area contributed by atoms with Gasteiger partial charge in [-0.25, -0.2) is 0 Å². The van der Waals surface area contributed by atoms with E-state index in [2.05, 4.69) is 46.1 Å². The molecule has 0 atom stereocenters. The molecule has 0 unspecified atom stereocenters. The highest BCUT2D eigenvalue weighted by atomic mass is 32.1. The Morgan fingerprint density at radius 2 is 1.31 bits per heavy atom. The number of benzene rings is 1. The summed E-state index contributed by atoms with van der Waals surface area (Å²) in [6, 6.07) is 17.8. The average Bonchev–Trinajstić information content (AvgIpc) is 3.50. The normalized spacial score (nSPS) is 11.0. The number of hydrogen-bond acceptors (Lipinski definition) is 7. The predicted octanol–water partition coefficient (Wildman–Crippen LogP) is 6.47. The number of rotatable bonds is 4. The monoisotopic (exact) mass is 434 g/mol. The third kappa shape index (κ3) is 3.33. The fourth-order valence-corrected chi connectivity index (χ4v) is 5.69. The second kappa shape index (κ2) is 7.44. The molecule has 5 aromatic rings. The zero-order valence-corrected chi connectivity index (χ0v) is 17.4. The van der Waals surface area contributed by atoms with Crippen LogP contribution in [0.4, 0.5) is 6.01 Å². The highest BCUT2D eigenvalue weighted by Crippen LogP contribution is 2.48. The van der Waals surface area contributed by atoms with Gasteiger partial charge in [0.25, 0.3) is 11.6 Å². The molecule has 4 nitrogen and oxygen atoms in total. The first-order valence-electron chi connectivity index (χ1n) is 8.77. The van der Waals surface area contributed by atoms with Crippen LogP contribution in [0.3, 0.4) is 0 Å². The molecule has 1 aromatic carbocycles. The Balaban J connectivity index is 1.90. The van der Waals surface area contributed by atoms with Gasteiger partial charge >= 0.3 is 0 Å². The number of thiophene rings is 3. The maximum atomic E-state index is 12.0. The second-order valence-corrected chi connectivity index (χ2v) is 9.08. The third-order valence-corrected chi connectivity index (χ3v) is 7.16. The van der Waals surface area contributed by atoms with E-state index in [0.29, 0.717) is 5.76 Å². The molecule has 0 saturated heterocycles. The highest BCUT2D eigenvalue weighted by Gasteiger charge is 2.22. The second-order valence-electron chi connectivity index (χ2n) is 6.24. The van der Waals surface area contributed by atoms with Gasteiger partial charge in [-0.3, -0.25) is 4.79 Å². The molecule has 5 rings (SSSR count). The van der Waals surface area contributed by atoms with Gasteiger partial charge in [0.2, 0.25) is 0 Å². The maximum absolute atomic E-state index is 12.0. The summed E-state index contributed by atoms with van der Waals surface area (Å²) in [5.74, 6) is 0.418. The van der Waals surface area contributed by atoms with Crippen molar-refractivity contribution in [3.8, 4) is 42.6 Å². The Labute approximate surface area is 178 Å². The van der Waals surface area contributed by atoms with Crippen molar-refractivity contribution in [2.24, 2.45) is 0 Å². The summed E-state index contributed by atoms with van der Waals surface area (Å²) in [5.41, 5.74) is 9.45. The van der Waals surface area contributed by atoms with Gasteiger partial charge in [-0.15, -0.1) is 34.0 Å². The molecule has 142 valence electrons. The van der Waals surface area contributed by atoms with Gasteiger partial charge in [0.05, 0.1) is 0 Å². The van der Waals surface area contributed by atoms with E-state index in [1.54, 1.807) is 34.0 Å². The van der Waals surface area contributed by atoms with E-state index in [-0.39, 0.29) is 6.01 Å². The smallest absolute Gasteiger partial charge is 0.295 e. The van der Waals surface area contributed by atoms with Gasteiger partial charge in [0.15, 0.2) is 0 Å². The summed E-state index contributed by atoms with van der Waals surface area (Å²) < 4.78 is 5.66. The molecule has 2 N–H and O–H groups in total. The molecule has 0 fully saturated rings. The van der Waals surface area contributed by atoms with Gasteiger partial charge in [0, 0.05) is 43.0 Å². The Morgan fingerprint density at radius 1 is 0.759 bits per heavy atom. The van der Waals surface area contributed by atoms with Gasteiger partial charge in [-0.1, -0.05) is 24.3 Å². The van der Waals surface area contributed by atoms with Gasteiger partial charge in [0.1, 0.15) is 5.76 Å². The zero-order valence-electron chi connectivity index (χ0n) is 15.0. The first-order valence-corrected chi connectivity index (χ1v) is 11.4. The Morgan fingerprint density at radius 3 is 1.86 bits per heavy atom. The minimum absolute atomic E-state index is 0.135. The summed E-state index contributed by atoms with van der Waals surface area (Å²) in [4.78, 5) is 19.1. The molecule has 0 bridgehead atoms. The van der Waals surface area contributed by atoms with Crippen molar-refractivity contribution in [1.82, 2.24) is 4.98 Å². The lowest BCUT2D eigenvalue weighted by Crippen LogP contribution is -2.07. The number of aromatic nitrogens is 1. The van der Waals surface area contributed by atoms with Crippen LogP contribution in [-0.2, 0) is 0 Å². The average molecular weight is 435 g/mol. The lowest BCUT2D eigenvalue weighted by Gasteiger charge is -2.17. The molecule has 7 heteroatoms. The lowest BCUT2D eigenvalue weighted by molar-refractivity contribution is 0.564. The number of anilines is 1. The van der Waals surface area contributed by atoms with Crippen LogP contribution in [0.1, 0.15) is 0 Å². The summed E-state index contributed by atoms with van der Waals surface area (Å²) in [5, 5.41) is 6.20. The number of nitrogen functional groups attached to an aromatic ring is 1. The summed E-state index contributed by atoms with van der Waals surface area (Å²) in [6.45, 7) is 0. The van der Waals surface area contributed by atoms with Crippen molar-refractivity contribution >= 4 is 40.0 Å². The molecule has 0 aliphatic rings. The van der Waals surface area contributed by atoms with Crippen LogP contribution in [0.15, 0.2) is 79.9 Å². The molecule has 29 heavy (non-hydrogen) atoms. The Bertz CT molecular complexity index is 1320. The highest BCUT2D eigenvalue weighted by molar-refractivity contribution is 7.15. The molecule has 0 aliphatic heterocycles. The van der Waals surface area contributed by atoms with Crippen LogP contribution >= 0.6 is 34.0 Å². The van der Waals surface area contributed by atoms with Crippen LogP contribution in [0.25, 0.3) is 42.6 Å². The van der Waals surface area contributed by atoms with Crippen LogP contribution in [0, 0.1) is 0 Å². The molecule has 0 spiro atoms.